The maximum absolute atomic E-state index is 12.4. The van der Waals surface area contributed by atoms with E-state index in [4.69, 9.17) is 0 Å². The van der Waals surface area contributed by atoms with Gasteiger partial charge in [0.15, 0.2) is 0 Å². The van der Waals surface area contributed by atoms with Gasteiger partial charge in [-0.05, 0) is 24.7 Å². The molecule has 5 nitrogen and oxygen atoms in total. The van der Waals surface area contributed by atoms with Gasteiger partial charge < -0.3 is 14.8 Å². The lowest BCUT2D eigenvalue weighted by atomic mass is 9.84. The number of amides is 2. The number of piperidine rings is 1. The van der Waals surface area contributed by atoms with Crippen molar-refractivity contribution in [1.29, 1.82) is 0 Å². The molecule has 1 aromatic heterocycles. The van der Waals surface area contributed by atoms with Crippen LogP contribution in [0.3, 0.4) is 0 Å². The Labute approximate surface area is 126 Å². The number of carbonyl (C=O) groups excluding carboxylic acids is 1. The summed E-state index contributed by atoms with van der Waals surface area (Å²) in [6, 6.07) is 0.0823. The first kappa shape index (κ1) is 14.4. The smallest absolute Gasteiger partial charge is 0.317 e. The summed E-state index contributed by atoms with van der Waals surface area (Å²) in [5.74, 6) is 1.58. The summed E-state index contributed by atoms with van der Waals surface area (Å²) < 4.78 is 1.94. The minimum atomic E-state index is 0.0823. The minimum absolute atomic E-state index is 0.0823. The van der Waals surface area contributed by atoms with Gasteiger partial charge in [0.2, 0.25) is 0 Å². The van der Waals surface area contributed by atoms with Crippen LogP contribution in [-0.4, -0.2) is 33.6 Å². The second-order valence-electron chi connectivity index (χ2n) is 6.55. The highest BCUT2D eigenvalue weighted by Gasteiger charge is 2.30. The van der Waals surface area contributed by atoms with E-state index in [1.165, 1.54) is 32.1 Å². The second-order valence-corrected chi connectivity index (χ2v) is 6.55. The third-order valence-electron chi connectivity index (χ3n) is 5.15. The fourth-order valence-corrected chi connectivity index (χ4v) is 3.84. The highest BCUT2D eigenvalue weighted by Crippen LogP contribution is 2.35. The maximum Gasteiger partial charge on any atom is 0.317 e. The average molecular weight is 290 g/mol. The van der Waals surface area contributed by atoms with Gasteiger partial charge in [-0.3, -0.25) is 0 Å². The lowest BCUT2D eigenvalue weighted by Gasteiger charge is -2.35. The molecule has 1 N–H and O–H groups in total. The molecule has 3 rings (SSSR count). The number of nitrogens with one attached hydrogen (secondary N) is 1. The summed E-state index contributed by atoms with van der Waals surface area (Å²) >= 11 is 0. The number of hydrogen-bond donors (Lipinski definition) is 1. The zero-order valence-electron chi connectivity index (χ0n) is 12.9. The van der Waals surface area contributed by atoms with E-state index in [1.54, 1.807) is 12.5 Å². The molecule has 1 aromatic rings. The lowest BCUT2D eigenvalue weighted by molar-refractivity contribution is 0.141. The fourth-order valence-electron chi connectivity index (χ4n) is 3.84. The number of urea groups is 1. The highest BCUT2D eigenvalue weighted by atomic mass is 16.2. The van der Waals surface area contributed by atoms with Crippen molar-refractivity contribution in [1.82, 2.24) is 19.8 Å². The third kappa shape index (κ3) is 3.39. The predicted molar refractivity (Wildman–Crippen MR) is 81.7 cm³/mol. The highest BCUT2D eigenvalue weighted by molar-refractivity contribution is 5.74. The number of imidazole rings is 1. The van der Waals surface area contributed by atoms with Crippen LogP contribution in [0.4, 0.5) is 4.79 Å². The van der Waals surface area contributed by atoms with Crippen LogP contribution in [0.25, 0.3) is 0 Å². The Morgan fingerprint density at radius 3 is 2.76 bits per heavy atom. The molecule has 0 aromatic carbocycles. The van der Waals surface area contributed by atoms with E-state index in [0.717, 1.165) is 37.0 Å². The second kappa shape index (κ2) is 6.50. The van der Waals surface area contributed by atoms with Crippen LogP contribution in [0, 0.1) is 11.8 Å². The van der Waals surface area contributed by atoms with Gasteiger partial charge in [-0.2, -0.15) is 0 Å². The number of aromatic nitrogens is 2. The van der Waals surface area contributed by atoms with Crippen molar-refractivity contribution in [3.8, 4) is 0 Å². The average Bonchev–Trinajstić information content (AvgIpc) is 3.16. The molecule has 2 amide bonds. The summed E-state index contributed by atoms with van der Waals surface area (Å²) in [4.78, 5) is 18.4. The molecule has 1 saturated heterocycles. The van der Waals surface area contributed by atoms with Crippen molar-refractivity contribution < 1.29 is 4.79 Å². The molecular formula is C16H26N4O. The van der Waals surface area contributed by atoms with Crippen molar-refractivity contribution in [3.05, 3.63) is 18.2 Å². The summed E-state index contributed by atoms with van der Waals surface area (Å²) in [7, 11) is 1.95. The van der Waals surface area contributed by atoms with Crippen molar-refractivity contribution in [3.63, 3.8) is 0 Å². The Kier molecular flexibility index (Phi) is 4.46. The maximum atomic E-state index is 12.4. The molecule has 1 saturated carbocycles. The molecule has 1 atom stereocenters. The van der Waals surface area contributed by atoms with E-state index in [0.29, 0.717) is 6.54 Å². The molecule has 2 heterocycles. The first-order valence-electron chi connectivity index (χ1n) is 8.22. The van der Waals surface area contributed by atoms with Crippen molar-refractivity contribution in [2.24, 2.45) is 18.9 Å². The molecule has 116 valence electrons. The van der Waals surface area contributed by atoms with Crippen molar-refractivity contribution in [2.75, 3.05) is 13.1 Å². The predicted octanol–water partition coefficient (Wildman–Crippen LogP) is 2.53. The quantitative estimate of drug-likeness (QED) is 0.930. The van der Waals surface area contributed by atoms with Crippen LogP contribution in [-0.2, 0) is 13.6 Å². The summed E-state index contributed by atoms with van der Waals surface area (Å²) in [6.07, 6.45) is 11.5. The van der Waals surface area contributed by atoms with Crippen LogP contribution in [0.5, 0.6) is 0 Å². The number of rotatable bonds is 3. The third-order valence-corrected chi connectivity index (χ3v) is 5.15. The SMILES string of the molecule is Cn1cncc1CNC(=O)N1CCCC(C2CCCC2)C1. The molecular weight excluding hydrogens is 264 g/mol. The summed E-state index contributed by atoms with van der Waals surface area (Å²) in [5.41, 5.74) is 1.03. The lowest BCUT2D eigenvalue weighted by Crippen LogP contribution is -2.46. The van der Waals surface area contributed by atoms with Gasteiger partial charge in [-0.1, -0.05) is 25.7 Å². The van der Waals surface area contributed by atoms with Crippen LogP contribution in [0.15, 0.2) is 12.5 Å². The zero-order valence-corrected chi connectivity index (χ0v) is 12.9. The Bertz CT molecular complexity index is 478. The Morgan fingerprint density at radius 2 is 2.05 bits per heavy atom. The van der Waals surface area contributed by atoms with E-state index in [1.807, 2.05) is 16.5 Å². The van der Waals surface area contributed by atoms with Gasteiger partial charge in [0, 0.05) is 26.3 Å². The molecule has 0 bridgehead atoms. The first-order chi connectivity index (χ1) is 10.2. The van der Waals surface area contributed by atoms with Crippen LogP contribution in [0.1, 0.15) is 44.2 Å². The summed E-state index contributed by atoms with van der Waals surface area (Å²) in [6.45, 7) is 2.41. The largest absolute Gasteiger partial charge is 0.336 e. The molecule has 1 unspecified atom stereocenters. The standard InChI is InChI=1S/C16H26N4O/c1-19-12-17-9-15(19)10-18-16(21)20-8-4-7-14(11-20)13-5-2-3-6-13/h9,12-14H,2-8,10-11H2,1H3,(H,18,21). The number of likely N-dealkylation sites (tertiary alicyclic amines) is 1. The van der Waals surface area contributed by atoms with Gasteiger partial charge in [-0.25, -0.2) is 9.78 Å². The number of nitrogens with zero attached hydrogens (tertiary/aromatic N) is 3. The molecule has 0 spiro atoms. The van der Waals surface area contributed by atoms with E-state index in [-0.39, 0.29) is 6.03 Å². The first-order valence-corrected chi connectivity index (χ1v) is 8.22. The topological polar surface area (TPSA) is 50.2 Å². The number of carbonyl (C=O) groups is 1. The van der Waals surface area contributed by atoms with Crippen LogP contribution < -0.4 is 5.32 Å². The van der Waals surface area contributed by atoms with Crippen LogP contribution >= 0.6 is 0 Å². The van der Waals surface area contributed by atoms with Crippen LogP contribution in [0.2, 0.25) is 0 Å². The van der Waals surface area contributed by atoms with E-state index in [2.05, 4.69) is 10.3 Å². The van der Waals surface area contributed by atoms with Gasteiger partial charge in [0.25, 0.3) is 0 Å². The molecule has 5 heteroatoms. The molecule has 2 aliphatic rings. The Morgan fingerprint density at radius 1 is 1.29 bits per heavy atom. The van der Waals surface area contributed by atoms with Crippen molar-refractivity contribution >= 4 is 6.03 Å². The van der Waals surface area contributed by atoms with E-state index < -0.39 is 0 Å². The zero-order chi connectivity index (χ0) is 14.7. The molecule has 1 aliphatic carbocycles. The minimum Gasteiger partial charge on any atom is -0.336 e. The monoisotopic (exact) mass is 290 g/mol. The number of aryl methyl sites for hydroxylation is 1. The van der Waals surface area contributed by atoms with E-state index >= 15 is 0 Å². The summed E-state index contributed by atoms with van der Waals surface area (Å²) in [5, 5.41) is 3.03. The van der Waals surface area contributed by atoms with Gasteiger partial charge in [0.1, 0.15) is 0 Å². The Balaban J connectivity index is 1.50. The van der Waals surface area contributed by atoms with Gasteiger partial charge >= 0.3 is 6.03 Å². The molecule has 1 aliphatic heterocycles. The fraction of sp³-hybridized carbons (Fsp3) is 0.750. The molecule has 21 heavy (non-hydrogen) atoms. The van der Waals surface area contributed by atoms with Crippen molar-refractivity contribution in [2.45, 2.75) is 45.1 Å². The van der Waals surface area contributed by atoms with Gasteiger partial charge in [0.05, 0.1) is 18.6 Å². The Hall–Kier alpha value is -1.52. The number of hydrogen-bond acceptors (Lipinski definition) is 2. The van der Waals surface area contributed by atoms with E-state index in [9.17, 15) is 4.79 Å². The normalized spacial score (nSPS) is 23.5. The van der Waals surface area contributed by atoms with Gasteiger partial charge in [-0.15, -0.1) is 0 Å². The molecule has 0 radical (unpaired) electrons. The molecule has 2 fully saturated rings.